The SMILES string of the molecule is C=CCOc1cc([N+](=O)[O-])ccc1[N+]#N. The molecule has 0 saturated heterocycles. The Labute approximate surface area is 85.6 Å². The Morgan fingerprint density at radius 2 is 2.40 bits per heavy atom. The van der Waals surface area contributed by atoms with Gasteiger partial charge in [-0.1, -0.05) is 12.7 Å². The van der Waals surface area contributed by atoms with E-state index in [1.54, 1.807) is 0 Å². The van der Waals surface area contributed by atoms with Crippen molar-refractivity contribution in [2.75, 3.05) is 6.61 Å². The van der Waals surface area contributed by atoms with Gasteiger partial charge in [0.1, 0.15) is 6.61 Å². The van der Waals surface area contributed by atoms with Crippen molar-refractivity contribution in [3.63, 3.8) is 0 Å². The molecule has 76 valence electrons. The molecule has 1 aromatic rings. The lowest BCUT2D eigenvalue weighted by atomic mass is 10.2. The Bertz CT molecular complexity index is 437. The molecule has 0 saturated carbocycles. The van der Waals surface area contributed by atoms with Gasteiger partial charge in [0, 0.05) is 12.1 Å². The summed E-state index contributed by atoms with van der Waals surface area (Å²) in [4.78, 5) is 12.9. The quantitative estimate of drug-likeness (QED) is 0.328. The van der Waals surface area contributed by atoms with E-state index in [-0.39, 0.29) is 23.7 Å². The molecule has 0 unspecified atom stereocenters. The summed E-state index contributed by atoms with van der Waals surface area (Å²) in [5.74, 6) is 0.145. The number of non-ortho nitro benzene ring substituents is 1. The van der Waals surface area contributed by atoms with Crippen molar-refractivity contribution < 1.29 is 9.66 Å². The van der Waals surface area contributed by atoms with Crippen LogP contribution in [0.4, 0.5) is 11.4 Å². The second-order valence-electron chi connectivity index (χ2n) is 2.61. The molecular weight excluding hydrogens is 198 g/mol. The van der Waals surface area contributed by atoms with E-state index in [1.807, 2.05) is 0 Å². The largest absolute Gasteiger partial charge is 0.482 e. The molecule has 0 N–H and O–H groups in total. The zero-order chi connectivity index (χ0) is 11.3. The van der Waals surface area contributed by atoms with Gasteiger partial charge in [-0.3, -0.25) is 10.1 Å². The molecular formula is C9H8N3O3+. The summed E-state index contributed by atoms with van der Waals surface area (Å²) < 4.78 is 5.09. The first-order valence-corrected chi connectivity index (χ1v) is 4.06. The topological polar surface area (TPSA) is 80.5 Å². The average Bonchev–Trinajstić information content (AvgIpc) is 2.25. The molecule has 0 spiro atoms. The molecule has 0 bridgehead atoms. The fourth-order valence-corrected chi connectivity index (χ4v) is 0.963. The highest BCUT2D eigenvalue weighted by Gasteiger charge is 2.19. The summed E-state index contributed by atoms with van der Waals surface area (Å²) in [5.41, 5.74) is 0.0175. The molecule has 0 heterocycles. The van der Waals surface area contributed by atoms with E-state index in [2.05, 4.69) is 11.6 Å². The van der Waals surface area contributed by atoms with Gasteiger partial charge in [-0.2, -0.15) is 0 Å². The number of ether oxygens (including phenoxy) is 1. The maximum absolute atomic E-state index is 10.5. The summed E-state index contributed by atoms with van der Waals surface area (Å²) in [6.45, 7) is 3.62. The molecule has 0 aromatic heterocycles. The van der Waals surface area contributed by atoms with Crippen molar-refractivity contribution in [3.05, 3.63) is 45.9 Å². The first-order valence-electron chi connectivity index (χ1n) is 4.06. The predicted octanol–water partition coefficient (Wildman–Crippen LogP) is 2.64. The van der Waals surface area contributed by atoms with Crippen molar-refractivity contribution in [1.29, 1.82) is 5.39 Å². The maximum atomic E-state index is 10.5. The summed E-state index contributed by atoms with van der Waals surface area (Å²) in [5, 5.41) is 19.1. The summed E-state index contributed by atoms with van der Waals surface area (Å²) in [7, 11) is 0. The van der Waals surface area contributed by atoms with Crippen LogP contribution in [0.5, 0.6) is 5.75 Å². The number of rotatable bonds is 4. The predicted molar refractivity (Wildman–Crippen MR) is 53.5 cm³/mol. The van der Waals surface area contributed by atoms with Gasteiger partial charge < -0.3 is 4.74 Å². The second-order valence-corrected chi connectivity index (χ2v) is 2.61. The van der Waals surface area contributed by atoms with Crippen LogP contribution < -0.4 is 4.74 Å². The van der Waals surface area contributed by atoms with Gasteiger partial charge >= 0.3 is 5.69 Å². The molecule has 0 aliphatic heterocycles. The third kappa shape index (κ3) is 2.51. The van der Waals surface area contributed by atoms with Crippen molar-refractivity contribution in [1.82, 2.24) is 0 Å². The van der Waals surface area contributed by atoms with Crippen LogP contribution in [0.25, 0.3) is 4.98 Å². The van der Waals surface area contributed by atoms with Crippen LogP contribution >= 0.6 is 0 Å². The van der Waals surface area contributed by atoms with Crippen molar-refractivity contribution in [2.24, 2.45) is 0 Å². The molecule has 15 heavy (non-hydrogen) atoms. The normalized spacial score (nSPS) is 9.00. The summed E-state index contributed by atoms with van der Waals surface area (Å²) in [6.07, 6.45) is 1.49. The number of nitro benzene ring substituents is 1. The molecule has 0 radical (unpaired) electrons. The van der Waals surface area contributed by atoms with Gasteiger partial charge in [-0.25, -0.2) is 0 Å². The van der Waals surface area contributed by atoms with E-state index >= 15 is 0 Å². The highest BCUT2D eigenvalue weighted by molar-refractivity contribution is 5.61. The molecule has 1 rings (SSSR count). The minimum absolute atomic E-state index is 0.124. The zero-order valence-corrected chi connectivity index (χ0v) is 7.79. The highest BCUT2D eigenvalue weighted by atomic mass is 16.6. The van der Waals surface area contributed by atoms with Gasteiger partial charge in [0.05, 0.1) is 11.0 Å². The monoisotopic (exact) mass is 206 g/mol. The average molecular weight is 206 g/mol. The Morgan fingerprint density at radius 3 is 2.93 bits per heavy atom. The van der Waals surface area contributed by atoms with Crippen LogP contribution in [0.15, 0.2) is 30.9 Å². The molecule has 0 aliphatic rings. The number of benzene rings is 1. The third-order valence-corrected chi connectivity index (χ3v) is 1.62. The molecule has 0 atom stereocenters. The van der Waals surface area contributed by atoms with Crippen LogP contribution in [-0.4, -0.2) is 11.5 Å². The standard InChI is InChI=1S/C9H8N3O3/c1-2-5-15-9-6-7(12(13)14)3-4-8(9)11-10/h2-4,6H,1,5H2/q+1. The van der Waals surface area contributed by atoms with Crippen molar-refractivity contribution in [3.8, 4) is 5.75 Å². The van der Waals surface area contributed by atoms with E-state index in [9.17, 15) is 10.1 Å². The van der Waals surface area contributed by atoms with Crippen molar-refractivity contribution in [2.45, 2.75) is 0 Å². The minimum Gasteiger partial charge on any atom is -0.482 e. The van der Waals surface area contributed by atoms with Crippen LogP contribution in [0, 0.1) is 15.5 Å². The van der Waals surface area contributed by atoms with E-state index in [4.69, 9.17) is 10.1 Å². The Hall–Kier alpha value is -2.42. The fraction of sp³-hybridized carbons (Fsp3) is 0.111. The number of hydrogen-bond donors (Lipinski definition) is 0. The fourth-order valence-electron chi connectivity index (χ4n) is 0.963. The van der Waals surface area contributed by atoms with Crippen LogP contribution in [0.1, 0.15) is 0 Å². The van der Waals surface area contributed by atoms with E-state index in [1.165, 1.54) is 24.3 Å². The van der Waals surface area contributed by atoms with Crippen LogP contribution in [0.3, 0.4) is 0 Å². The van der Waals surface area contributed by atoms with Gasteiger partial charge in [0.2, 0.25) is 11.1 Å². The lowest BCUT2D eigenvalue weighted by molar-refractivity contribution is -0.384. The van der Waals surface area contributed by atoms with Gasteiger partial charge in [0.25, 0.3) is 5.69 Å². The van der Waals surface area contributed by atoms with Crippen LogP contribution in [0.2, 0.25) is 0 Å². The molecule has 1 aromatic carbocycles. The Balaban J connectivity index is 3.08. The number of diazo groups is 1. The van der Waals surface area contributed by atoms with Gasteiger partial charge in [-0.05, 0) is 0 Å². The van der Waals surface area contributed by atoms with Gasteiger partial charge in [-0.15, -0.1) is 0 Å². The van der Waals surface area contributed by atoms with E-state index in [0.717, 1.165) is 0 Å². The smallest absolute Gasteiger partial charge is 0.426 e. The molecule has 6 nitrogen and oxygen atoms in total. The number of nitrogens with zero attached hydrogens (tertiary/aromatic N) is 3. The minimum atomic E-state index is -0.554. The Kier molecular flexibility index (Phi) is 3.35. The first kappa shape index (κ1) is 10.7. The molecule has 0 fully saturated rings. The Morgan fingerprint density at radius 1 is 1.67 bits per heavy atom. The molecule has 0 aliphatic carbocycles. The number of nitro groups is 1. The number of hydrogen-bond acceptors (Lipinski definition) is 4. The second kappa shape index (κ2) is 4.72. The summed E-state index contributed by atoms with van der Waals surface area (Å²) in [6, 6.07) is 3.73. The lowest BCUT2D eigenvalue weighted by Crippen LogP contribution is -1.94. The zero-order valence-electron chi connectivity index (χ0n) is 7.79. The van der Waals surface area contributed by atoms with Gasteiger partial charge in [0.15, 0.2) is 4.98 Å². The first-order chi connectivity index (χ1) is 7.19. The van der Waals surface area contributed by atoms with Crippen molar-refractivity contribution >= 4 is 11.4 Å². The van der Waals surface area contributed by atoms with Crippen LogP contribution in [-0.2, 0) is 0 Å². The molecule has 6 heteroatoms. The van der Waals surface area contributed by atoms with E-state index < -0.39 is 4.92 Å². The molecule has 0 amide bonds. The third-order valence-electron chi connectivity index (χ3n) is 1.62. The summed E-state index contributed by atoms with van der Waals surface area (Å²) >= 11 is 0. The maximum Gasteiger partial charge on any atom is 0.426 e. The highest BCUT2D eigenvalue weighted by Crippen LogP contribution is 2.31. The van der Waals surface area contributed by atoms with E-state index in [0.29, 0.717) is 0 Å². The lowest BCUT2D eigenvalue weighted by Gasteiger charge is -1.99.